The van der Waals surface area contributed by atoms with Crippen molar-refractivity contribution in [2.75, 3.05) is 18.5 Å². The van der Waals surface area contributed by atoms with Crippen molar-refractivity contribution in [2.24, 2.45) is 0 Å². The van der Waals surface area contributed by atoms with Gasteiger partial charge < -0.3 is 10.1 Å². The molecule has 0 aliphatic heterocycles. The predicted octanol–water partition coefficient (Wildman–Crippen LogP) is 3.22. The Morgan fingerprint density at radius 1 is 1.28 bits per heavy atom. The van der Waals surface area contributed by atoms with Gasteiger partial charge in [0.05, 0.1) is 12.6 Å². The van der Waals surface area contributed by atoms with Gasteiger partial charge in [-0.1, -0.05) is 41.7 Å². The maximum atomic E-state index is 12.0. The Labute approximate surface area is 146 Å². The number of halogens is 3. The number of nitrogens with one attached hydrogen (secondary N) is 2. The van der Waals surface area contributed by atoms with Gasteiger partial charge in [-0.2, -0.15) is 13.2 Å². The highest BCUT2D eigenvalue weighted by atomic mass is 32.1. The molecule has 0 aliphatic rings. The number of carbonyl (C=O) groups is 1. The van der Waals surface area contributed by atoms with Crippen LogP contribution in [0.3, 0.4) is 0 Å². The number of amides is 2. The van der Waals surface area contributed by atoms with Crippen LogP contribution in [0.1, 0.15) is 17.5 Å². The minimum absolute atomic E-state index is 0.248. The van der Waals surface area contributed by atoms with Crippen LogP contribution < -0.4 is 10.6 Å². The number of nitrogens with zero attached hydrogens (tertiary/aromatic N) is 2. The van der Waals surface area contributed by atoms with Crippen molar-refractivity contribution in [2.45, 2.75) is 25.6 Å². The minimum atomic E-state index is -4.39. The van der Waals surface area contributed by atoms with E-state index in [0.717, 1.165) is 10.6 Å². The van der Waals surface area contributed by atoms with E-state index in [1.165, 1.54) is 18.3 Å². The molecule has 0 bridgehead atoms. The van der Waals surface area contributed by atoms with Gasteiger partial charge in [-0.3, -0.25) is 5.32 Å². The monoisotopic (exact) mass is 374 g/mol. The van der Waals surface area contributed by atoms with E-state index in [1.807, 2.05) is 30.3 Å². The highest BCUT2D eigenvalue weighted by Gasteiger charge is 2.27. The van der Waals surface area contributed by atoms with Crippen LogP contribution in [0, 0.1) is 0 Å². The summed E-state index contributed by atoms with van der Waals surface area (Å²) in [5, 5.41) is 13.9. The molecular formula is C15H17F3N4O2S. The van der Waals surface area contributed by atoms with Gasteiger partial charge in [0.2, 0.25) is 5.13 Å². The molecule has 2 rings (SSSR count). The highest BCUT2D eigenvalue weighted by molar-refractivity contribution is 7.15. The third-order valence-corrected chi connectivity index (χ3v) is 3.74. The van der Waals surface area contributed by atoms with Crippen LogP contribution in [0.25, 0.3) is 0 Å². The van der Waals surface area contributed by atoms with E-state index in [-0.39, 0.29) is 6.61 Å². The lowest BCUT2D eigenvalue weighted by Crippen LogP contribution is -2.39. The molecule has 136 valence electrons. The van der Waals surface area contributed by atoms with Crippen molar-refractivity contribution in [1.82, 2.24) is 15.5 Å². The van der Waals surface area contributed by atoms with Gasteiger partial charge >= 0.3 is 12.2 Å². The number of ether oxygens (including phenoxy) is 1. The first-order valence-corrected chi connectivity index (χ1v) is 8.22. The van der Waals surface area contributed by atoms with Crippen LogP contribution in [0.15, 0.2) is 30.3 Å². The summed E-state index contributed by atoms with van der Waals surface area (Å²) in [7, 11) is 0. The molecule has 25 heavy (non-hydrogen) atoms. The molecule has 1 aromatic carbocycles. The van der Waals surface area contributed by atoms with Crippen LogP contribution in [0.5, 0.6) is 0 Å². The Morgan fingerprint density at radius 3 is 2.68 bits per heavy atom. The zero-order valence-electron chi connectivity index (χ0n) is 13.3. The molecule has 0 fully saturated rings. The molecule has 6 nitrogen and oxygen atoms in total. The number of hydrogen-bond donors (Lipinski definition) is 2. The second-order valence-corrected chi connectivity index (χ2v) is 6.36. The topological polar surface area (TPSA) is 76.1 Å². The summed E-state index contributed by atoms with van der Waals surface area (Å²) in [5.74, 6) is 0. The largest absolute Gasteiger partial charge is 0.411 e. The zero-order valence-corrected chi connectivity index (χ0v) is 14.2. The van der Waals surface area contributed by atoms with Gasteiger partial charge in [0.15, 0.2) is 0 Å². The summed E-state index contributed by atoms with van der Waals surface area (Å²) in [6, 6.07) is 8.52. The summed E-state index contributed by atoms with van der Waals surface area (Å²) >= 11 is 1.23. The molecule has 1 aromatic heterocycles. The molecular weight excluding hydrogens is 357 g/mol. The average Bonchev–Trinajstić information content (AvgIpc) is 2.93. The molecule has 0 aliphatic carbocycles. The number of carbonyl (C=O) groups excluding carboxylic acids is 1. The fourth-order valence-electron chi connectivity index (χ4n) is 1.90. The van der Waals surface area contributed by atoms with Gasteiger partial charge in [0.25, 0.3) is 0 Å². The number of alkyl halides is 3. The molecule has 1 unspecified atom stereocenters. The quantitative estimate of drug-likeness (QED) is 0.780. The van der Waals surface area contributed by atoms with Crippen molar-refractivity contribution in [3.63, 3.8) is 0 Å². The van der Waals surface area contributed by atoms with Gasteiger partial charge in [-0.05, 0) is 12.5 Å². The first-order valence-electron chi connectivity index (χ1n) is 7.40. The lowest BCUT2D eigenvalue weighted by molar-refractivity contribution is -0.174. The highest BCUT2D eigenvalue weighted by Crippen LogP contribution is 2.18. The number of benzene rings is 1. The zero-order chi connectivity index (χ0) is 18.3. The molecule has 0 saturated carbocycles. The van der Waals surface area contributed by atoms with E-state index in [2.05, 4.69) is 25.6 Å². The van der Waals surface area contributed by atoms with E-state index >= 15 is 0 Å². The molecule has 0 radical (unpaired) electrons. The van der Waals surface area contributed by atoms with Crippen molar-refractivity contribution in [1.29, 1.82) is 0 Å². The maximum Gasteiger partial charge on any atom is 0.411 e. The number of aromatic nitrogens is 2. The lowest BCUT2D eigenvalue weighted by atomic mass is 10.2. The van der Waals surface area contributed by atoms with E-state index in [4.69, 9.17) is 0 Å². The van der Waals surface area contributed by atoms with Gasteiger partial charge in [-0.25, -0.2) is 4.79 Å². The van der Waals surface area contributed by atoms with E-state index in [1.54, 1.807) is 0 Å². The first-order chi connectivity index (χ1) is 11.8. The van der Waals surface area contributed by atoms with Crippen molar-refractivity contribution in [3.8, 4) is 0 Å². The molecule has 10 heteroatoms. The summed E-state index contributed by atoms with van der Waals surface area (Å²) in [6.45, 7) is -0.0565. The molecule has 2 amide bonds. The number of urea groups is 1. The van der Waals surface area contributed by atoms with Crippen molar-refractivity contribution in [3.05, 3.63) is 40.9 Å². The predicted molar refractivity (Wildman–Crippen MR) is 87.6 cm³/mol. The number of rotatable bonds is 7. The van der Waals surface area contributed by atoms with E-state index in [9.17, 15) is 18.0 Å². The third-order valence-electron chi connectivity index (χ3n) is 2.90. The molecule has 1 heterocycles. The summed E-state index contributed by atoms with van der Waals surface area (Å²) in [6.07, 6.45) is -3.78. The van der Waals surface area contributed by atoms with Gasteiger partial charge in [0.1, 0.15) is 11.6 Å². The van der Waals surface area contributed by atoms with Gasteiger partial charge in [0, 0.05) is 6.42 Å². The average molecular weight is 374 g/mol. The fraction of sp³-hybridized carbons (Fsp3) is 0.400. The smallest absolute Gasteiger partial charge is 0.370 e. The SMILES string of the molecule is CC(COCC(F)(F)F)NC(=O)Nc1nnc(Cc2ccccc2)s1. The number of anilines is 1. The van der Waals surface area contributed by atoms with Crippen LogP contribution in [0.2, 0.25) is 0 Å². The summed E-state index contributed by atoms with van der Waals surface area (Å²) in [5.41, 5.74) is 1.07. The van der Waals surface area contributed by atoms with Crippen molar-refractivity contribution >= 4 is 22.5 Å². The van der Waals surface area contributed by atoms with Crippen LogP contribution in [-0.4, -0.2) is 41.7 Å². The standard InChI is InChI=1S/C15H17F3N4O2S/c1-10(8-24-9-15(16,17)18)19-13(23)20-14-22-21-12(25-14)7-11-5-3-2-4-6-11/h2-6,10H,7-9H2,1H3,(H2,19,20,22,23). The van der Waals surface area contributed by atoms with Crippen molar-refractivity contribution < 1.29 is 22.7 Å². The molecule has 0 spiro atoms. The van der Waals surface area contributed by atoms with Crippen LogP contribution >= 0.6 is 11.3 Å². The molecule has 0 saturated heterocycles. The Kier molecular flexibility index (Phi) is 6.71. The third kappa shape index (κ3) is 7.48. The normalized spacial score (nSPS) is 12.6. The second-order valence-electron chi connectivity index (χ2n) is 5.29. The van der Waals surface area contributed by atoms with Crippen LogP contribution in [0.4, 0.5) is 23.1 Å². The molecule has 1 atom stereocenters. The van der Waals surface area contributed by atoms with E-state index < -0.39 is 24.9 Å². The maximum absolute atomic E-state index is 12.0. The van der Waals surface area contributed by atoms with E-state index in [0.29, 0.717) is 11.6 Å². The van der Waals surface area contributed by atoms with Gasteiger partial charge in [-0.15, -0.1) is 10.2 Å². The molecule has 2 N–H and O–H groups in total. The summed E-state index contributed by atoms with van der Waals surface area (Å²) < 4.78 is 40.4. The summed E-state index contributed by atoms with van der Waals surface area (Å²) in [4.78, 5) is 11.8. The Morgan fingerprint density at radius 2 is 2.00 bits per heavy atom. The fourth-order valence-corrected chi connectivity index (χ4v) is 2.67. The Hall–Kier alpha value is -2.20. The Balaban J connectivity index is 1.75. The lowest BCUT2D eigenvalue weighted by Gasteiger charge is -2.14. The van der Waals surface area contributed by atoms with Crippen LogP contribution in [-0.2, 0) is 11.2 Å². The second kappa shape index (κ2) is 8.77. The Bertz CT molecular complexity index is 679. The first kappa shape index (κ1) is 19.1. The molecule has 2 aromatic rings. The minimum Gasteiger partial charge on any atom is -0.370 e. The number of hydrogen-bond acceptors (Lipinski definition) is 5.